The maximum absolute atomic E-state index is 11.2. The van der Waals surface area contributed by atoms with E-state index in [-0.39, 0.29) is 5.75 Å². The van der Waals surface area contributed by atoms with Crippen molar-refractivity contribution >= 4 is 16.7 Å². The van der Waals surface area contributed by atoms with Crippen LogP contribution in [0.3, 0.4) is 0 Å². The molecule has 0 aliphatic heterocycles. The van der Waals surface area contributed by atoms with Crippen molar-refractivity contribution in [1.82, 2.24) is 0 Å². The lowest BCUT2D eigenvalue weighted by atomic mass is 10.3. The summed E-state index contributed by atoms with van der Waals surface area (Å²) in [5.41, 5.74) is 10.2. The molecule has 0 heterocycles. The number of carbonyl (C=O) groups is 1. The van der Waals surface area contributed by atoms with E-state index in [1.165, 1.54) is 0 Å². The van der Waals surface area contributed by atoms with Gasteiger partial charge < -0.3 is 16.2 Å². The fraction of sp³-hybridized carbons (Fsp3) is 0.857. The molecule has 2 unspecified atom stereocenters. The van der Waals surface area contributed by atoms with E-state index in [1.807, 2.05) is 0 Å². The van der Waals surface area contributed by atoms with Crippen molar-refractivity contribution in [3.05, 3.63) is 0 Å². The van der Waals surface area contributed by atoms with Gasteiger partial charge in [0.25, 0.3) is 0 Å². The van der Waals surface area contributed by atoms with Crippen LogP contribution in [0.15, 0.2) is 0 Å². The monoisotopic (exact) mass is 208 g/mol. The maximum Gasteiger partial charge on any atom is 0.235 e. The van der Waals surface area contributed by atoms with Gasteiger partial charge in [0.15, 0.2) is 0 Å². The van der Waals surface area contributed by atoms with Crippen LogP contribution in [0.25, 0.3) is 0 Å². The summed E-state index contributed by atoms with van der Waals surface area (Å²) in [5.74, 6) is 0.0218. The van der Waals surface area contributed by atoms with E-state index >= 15 is 0 Å². The summed E-state index contributed by atoms with van der Waals surface area (Å²) in [7, 11) is 0.503. The molecule has 0 saturated carbocycles. The number of carbonyl (C=O) groups excluding carboxylic acids is 1. The number of primary amides is 1. The summed E-state index contributed by atoms with van der Waals surface area (Å²) in [4.78, 5) is 10.5. The van der Waals surface area contributed by atoms with Crippen LogP contribution >= 0.6 is 0 Å². The number of amides is 1. The number of hydrogen-bond donors (Lipinski definition) is 2. The first-order valence-corrected chi connectivity index (χ1v) is 5.45. The lowest BCUT2D eigenvalue weighted by Gasteiger charge is -2.06. The molecule has 0 rings (SSSR count). The van der Waals surface area contributed by atoms with Gasteiger partial charge in [-0.25, -0.2) is 0 Å². The van der Waals surface area contributed by atoms with Crippen LogP contribution in [-0.4, -0.2) is 41.4 Å². The number of ether oxygens (including phenoxy) is 1. The average Bonchev–Trinajstić information content (AvgIpc) is 2.04. The van der Waals surface area contributed by atoms with E-state index in [1.54, 1.807) is 7.11 Å². The lowest BCUT2D eigenvalue weighted by molar-refractivity contribution is -0.118. The Morgan fingerprint density at radius 1 is 1.62 bits per heavy atom. The summed E-state index contributed by atoms with van der Waals surface area (Å²) in [6.45, 7) is 0.567. The highest BCUT2D eigenvalue weighted by atomic mass is 32.2. The molecule has 0 saturated heterocycles. The lowest BCUT2D eigenvalue weighted by Crippen LogP contribution is -2.41. The van der Waals surface area contributed by atoms with Crippen LogP contribution in [-0.2, 0) is 20.3 Å². The summed E-state index contributed by atoms with van der Waals surface area (Å²) < 4.78 is 16.0. The van der Waals surface area contributed by atoms with Crippen LogP contribution in [0.1, 0.15) is 6.42 Å². The SMILES string of the molecule is COCCCS(=O)CC(N)C(N)=O. The highest BCUT2D eigenvalue weighted by Gasteiger charge is 2.12. The van der Waals surface area contributed by atoms with Gasteiger partial charge in [0.05, 0.1) is 6.04 Å². The standard InChI is InChI=1S/C7H16N2O3S/c1-12-3-2-4-13(11)5-6(8)7(9)10/h6H,2-5,8H2,1H3,(H2,9,10). The molecule has 5 nitrogen and oxygen atoms in total. The molecule has 4 N–H and O–H groups in total. The summed E-state index contributed by atoms with van der Waals surface area (Å²) in [5, 5.41) is 0. The van der Waals surface area contributed by atoms with E-state index in [0.717, 1.165) is 0 Å². The Balaban J connectivity index is 3.56. The largest absolute Gasteiger partial charge is 0.385 e. The van der Waals surface area contributed by atoms with Crippen molar-refractivity contribution in [2.24, 2.45) is 11.5 Å². The van der Waals surface area contributed by atoms with Gasteiger partial charge >= 0.3 is 0 Å². The van der Waals surface area contributed by atoms with Crippen molar-refractivity contribution in [2.45, 2.75) is 12.5 Å². The van der Waals surface area contributed by atoms with Crippen LogP contribution < -0.4 is 11.5 Å². The first-order valence-electron chi connectivity index (χ1n) is 3.96. The molecule has 0 aliphatic carbocycles. The third-order valence-corrected chi connectivity index (χ3v) is 2.93. The molecule has 0 aliphatic rings. The quantitative estimate of drug-likeness (QED) is 0.502. The fourth-order valence-electron chi connectivity index (χ4n) is 0.730. The summed E-state index contributed by atoms with van der Waals surface area (Å²) in [6, 6.07) is -0.802. The van der Waals surface area contributed by atoms with Gasteiger partial charge in [-0.1, -0.05) is 0 Å². The summed E-state index contributed by atoms with van der Waals surface area (Å²) >= 11 is 0. The molecule has 1 amide bonds. The van der Waals surface area contributed by atoms with Crippen molar-refractivity contribution in [1.29, 1.82) is 0 Å². The topological polar surface area (TPSA) is 95.4 Å². The average molecular weight is 208 g/mol. The second-order valence-electron chi connectivity index (χ2n) is 2.67. The molecule has 2 atom stereocenters. The smallest absolute Gasteiger partial charge is 0.235 e. The zero-order valence-electron chi connectivity index (χ0n) is 7.69. The molecule has 0 aromatic carbocycles. The van der Waals surface area contributed by atoms with E-state index in [2.05, 4.69) is 0 Å². The normalized spacial score (nSPS) is 15.2. The van der Waals surface area contributed by atoms with Gasteiger partial charge in [0.2, 0.25) is 5.91 Å². The number of nitrogens with two attached hydrogens (primary N) is 2. The minimum absolute atomic E-state index is 0.138. The first kappa shape index (κ1) is 12.5. The Morgan fingerprint density at radius 2 is 2.23 bits per heavy atom. The molecule has 78 valence electrons. The van der Waals surface area contributed by atoms with Crippen LogP contribution in [0.5, 0.6) is 0 Å². The number of methoxy groups -OCH3 is 1. The molecule has 6 heteroatoms. The van der Waals surface area contributed by atoms with Gasteiger partial charge in [-0.05, 0) is 6.42 Å². The van der Waals surface area contributed by atoms with Crippen molar-refractivity contribution in [3.63, 3.8) is 0 Å². The van der Waals surface area contributed by atoms with Crippen LogP contribution in [0, 0.1) is 0 Å². The Morgan fingerprint density at radius 3 is 2.69 bits per heavy atom. The predicted molar refractivity (Wildman–Crippen MR) is 51.5 cm³/mol. The second kappa shape index (κ2) is 6.99. The van der Waals surface area contributed by atoms with Gasteiger partial charge in [0, 0.05) is 36.0 Å². The van der Waals surface area contributed by atoms with Gasteiger partial charge in [0.1, 0.15) is 0 Å². The zero-order chi connectivity index (χ0) is 10.3. The predicted octanol–water partition coefficient (Wildman–Crippen LogP) is -1.42. The number of rotatable bonds is 7. The molecule has 0 aromatic rings. The first-order chi connectivity index (χ1) is 6.07. The number of hydrogen-bond acceptors (Lipinski definition) is 4. The highest BCUT2D eigenvalue weighted by Crippen LogP contribution is 1.91. The molecular formula is C7H16N2O3S. The third-order valence-electron chi connectivity index (χ3n) is 1.45. The van der Waals surface area contributed by atoms with Crippen LogP contribution in [0.4, 0.5) is 0 Å². The molecule has 0 radical (unpaired) electrons. The Kier molecular flexibility index (Phi) is 6.75. The molecule has 13 heavy (non-hydrogen) atoms. The highest BCUT2D eigenvalue weighted by molar-refractivity contribution is 7.85. The van der Waals surface area contributed by atoms with E-state index < -0.39 is 22.7 Å². The van der Waals surface area contributed by atoms with Gasteiger partial charge in [-0.3, -0.25) is 9.00 Å². The van der Waals surface area contributed by atoms with E-state index in [4.69, 9.17) is 16.2 Å². The third kappa shape index (κ3) is 6.68. The minimum Gasteiger partial charge on any atom is -0.385 e. The van der Waals surface area contributed by atoms with Crippen LogP contribution in [0.2, 0.25) is 0 Å². The fourth-order valence-corrected chi connectivity index (χ4v) is 1.90. The van der Waals surface area contributed by atoms with Crippen molar-refractivity contribution in [3.8, 4) is 0 Å². The second-order valence-corrected chi connectivity index (χ2v) is 4.29. The maximum atomic E-state index is 11.2. The molecule has 0 aromatic heterocycles. The molecule has 0 bridgehead atoms. The summed E-state index contributed by atoms with van der Waals surface area (Å²) in [6.07, 6.45) is 0.703. The van der Waals surface area contributed by atoms with Gasteiger partial charge in [-0.15, -0.1) is 0 Å². The Bertz CT molecular complexity index is 187. The van der Waals surface area contributed by atoms with Crippen molar-refractivity contribution < 1.29 is 13.7 Å². The van der Waals surface area contributed by atoms with Gasteiger partial charge in [-0.2, -0.15) is 0 Å². The van der Waals surface area contributed by atoms with E-state index in [9.17, 15) is 9.00 Å². The van der Waals surface area contributed by atoms with E-state index in [0.29, 0.717) is 18.8 Å². The molecular weight excluding hydrogens is 192 g/mol. The Labute approximate surface area is 80.3 Å². The molecule has 0 spiro atoms. The minimum atomic E-state index is -1.08. The zero-order valence-corrected chi connectivity index (χ0v) is 8.51. The molecule has 0 fully saturated rings. The Hall–Kier alpha value is -0.460. The van der Waals surface area contributed by atoms with Crippen molar-refractivity contribution in [2.75, 3.05) is 25.2 Å².